The minimum Gasteiger partial charge on any atom is -0.394 e. The highest BCUT2D eigenvalue weighted by Gasteiger charge is 2.05. The highest BCUT2D eigenvalue weighted by Crippen LogP contribution is 1.82. The first-order valence-corrected chi connectivity index (χ1v) is 3.57. The summed E-state index contributed by atoms with van der Waals surface area (Å²) in [6.07, 6.45) is 0.781. The van der Waals surface area contributed by atoms with E-state index in [4.69, 9.17) is 15.5 Å². The van der Waals surface area contributed by atoms with E-state index in [1.165, 1.54) is 0 Å². The minimum absolute atomic E-state index is 0.203. The molecule has 0 aromatic rings. The zero-order valence-corrected chi connectivity index (χ0v) is 6.86. The van der Waals surface area contributed by atoms with Crippen molar-refractivity contribution in [2.45, 2.75) is 19.1 Å². The Kier molecular flexibility index (Phi) is 5.94. The Morgan fingerprint density at radius 3 is 2.83 bits per heavy atom. The molecule has 0 saturated heterocycles. The molecular formula is C7H12N3O2+. The standard InChI is InChI=1S/C7H12N3O2/c1-6(2-9-5-8)10-3-7(12)4-11/h6-7,10-12H,3-4H2,1H3/q+1. The van der Waals surface area contributed by atoms with Gasteiger partial charge in [-0.1, -0.05) is 4.85 Å². The maximum atomic E-state index is 8.90. The van der Waals surface area contributed by atoms with E-state index in [2.05, 4.69) is 16.2 Å². The van der Waals surface area contributed by atoms with Crippen molar-refractivity contribution in [3.05, 3.63) is 4.85 Å². The highest BCUT2D eigenvalue weighted by molar-refractivity contribution is 5.04. The van der Waals surface area contributed by atoms with Crippen LogP contribution in [0.25, 0.3) is 4.85 Å². The minimum atomic E-state index is -0.781. The van der Waals surface area contributed by atoms with Gasteiger partial charge in [-0.05, 0) is 6.92 Å². The molecule has 0 spiro atoms. The third kappa shape index (κ3) is 5.63. The second kappa shape index (κ2) is 6.56. The van der Waals surface area contributed by atoms with E-state index in [0.29, 0.717) is 0 Å². The van der Waals surface area contributed by atoms with Crippen LogP contribution >= 0.6 is 0 Å². The quantitative estimate of drug-likeness (QED) is 0.479. The Bertz CT molecular complexity index is 213. The van der Waals surface area contributed by atoms with Gasteiger partial charge in [-0.25, -0.2) is 0 Å². The van der Waals surface area contributed by atoms with Crippen molar-refractivity contribution in [3.63, 3.8) is 0 Å². The predicted octanol–water partition coefficient (Wildman–Crippen LogP) is -0.868. The molecule has 0 fully saturated rings. The van der Waals surface area contributed by atoms with Crippen LogP contribution in [0, 0.1) is 17.5 Å². The first-order valence-electron chi connectivity index (χ1n) is 3.57. The molecular weight excluding hydrogens is 158 g/mol. The molecule has 2 unspecified atom stereocenters. The van der Waals surface area contributed by atoms with E-state index in [-0.39, 0.29) is 19.2 Å². The van der Waals surface area contributed by atoms with E-state index in [1.807, 2.05) is 0 Å². The Labute approximate surface area is 71.1 Å². The maximum Gasteiger partial charge on any atom is 0.578 e. The third-order valence-corrected chi connectivity index (χ3v) is 1.18. The van der Waals surface area contributed by atoms with Gasteiger partial charge in [0.05, 0.1) is 12.7 Å². The van der Waals surface area contributed by atoms with Crippen LogP contribution < -0.4 is 5.32 Å². The lowest BCUT2D eigenvalue weighted by atomic mass is 10.3. The number of aliphatic hydroxyl groups excluding tert-OH is 2. The lowest BCUT2D eigenvalue weighted by molar-refractivity contribution is 0.0937. The van der Waals surface area contributed by atoms with Crippen LogP contribution in [0.2, 0.25) is 0 Å². The van der Waals surface area contributed by atoms with Crippen LogP contribution in [0.5, 0.6) is 0 Å². The summed E-state index contributed by atoms with van der Waals surface area (Å²) in [6.45, 7) is 1.71. The average Bonchev–Trinajstić information content (AvgIpc) is 2.10. The molecule has 0 aliphatic heterocycles. The lowest BCUT2D eigenvalue weighted by Gasteiger charge is -2.08. The summed E-state index contributed by atoms with van der Waals surface area (Å²) in [5, 5.41) is 28.2. The van der Waals surface area contributed by atoms with Gasteiger partial charge in [0.15, 0.2) is 11.3 Å². The summed E-state index contributed by atoms with van der Waals surface area (Å²) >= 11 is 0. The fourth-order valence-corrected chi connectivity index (χ4v) is 0.549. The summed E-state index contributed by atoms with van der Waals surface area (Å²) < 4.78 is 0. The number of nitrogens with one attached hydrogen (secondary N) is 1. The topological polar surface area (TPSA) is 80.6 Å². The molecule has 3 N–H and O–H groups in total. The Balaban J connectivity index is 3.58. The Hall–Kier alpha value is -1.14. The highest BCUT2D eigenvalue weighted by atomic mass is 16.3. The first kappa shape index (κ1) is 10.9. The van der Waals surface area contributed by atoms with Gasteiger partial charge in [-0.3, -0.25) is 5.32 Å². The van der Waals surface area contributed by atoms with Gasteiger partial charge in [0.2, 0.25) is 0 Å². The number of hydrogen-bond acceptors (Lipinski definition) is 4. The Morgan fingerprint density at radius 2 is 2.33 bits per heavy atom. The van der Waals surface area contributed by atoms with Gasteiger partial charge < -0.3 is 10.2 Å². The first-order chi connectivity index (χ1) is 5.70. The van der Waals surface area contributed by atoms with Crippen LogP contribution in [0.15, 0.2) is 0 Å². The Morgan fingerprint density at radius 1 is 1.67 bits per heavy atom. The van der Waals surface area contributed by atoms with E-state index in [0.717, 1.165) is 0 Å². The van der Waals surface area contributed by atoms with Crippen molar-refractivity contribution >= 4 is 0 Å². The van der Waals surface area contributed by atoms with Crippen LogP contribution in [-0.2, 0) is 0 Å². The van der Waals surface area contributed by atoms with Crippen molar-refractivity contribution in [1.82, 2.24) is 5.32 Å². The van der Waals surface area contributed by atoms with Crippen LogP contribution in [0.3, 0.4) is 0 Å². The fraction of sp³-hybridized carbons (Fsp3) is 0.714. The molecule has 0 heterocycles. The predicted molar refractivity (Wildman–Crippen MR) is 43.4 cm³/mol. The van der Waals surface area contributed by atoms with E-state index < -0.39 is 6.10 Å². The summed E-state index contributed by atoms with van der Waals surface area (Å²) in [7, 11) is 0. The molecule has 0 aromatic carbocycles. The van der Waals surface area contributed by atoms with Crippen molar-refractivity contribution < 1.29 is 10.2 Å². The van der Waals surface area contributed by atoms with Crippen molar-refractivity contribution in [3.8, 4) is 12.3 Å². The summed E-state index contributed by atoms with van der Waals surface area (Å²) in [6, 6.07) is 2.27. The van der Waals surface area contributed by atoms with Crippen LogP contribution in [0.4, 0.5) is 0 Å². The van der Waals surface area contributed by atoms with Crippen molar-refractivity contribution in [2.75, 3.05) is 13.2 Å². The molecule has 0 aromatic heterocycles. The van der Waals surface area contributed by atoms with Gasteiger partial charge in [-0.2, -0.15) is 0 Å². The van der Waals surface area contributed by atoms with Crippen molar-refractivity contribution in [2.24, 2.45) is 0 Å². The number of aliphatic hydroxyl groups is 2. The normalized spacial score (nSPS) is 13.8. The zero-order valence-electron chi connectivity index (χ0n) is 6.86. The van der Waals surface area contributed by atoms with E-state index in [1.54, 1.807) is 13.1 Å². The maximum absolute atomic E-state index is 8.90. The van der Waals surface area contributed by atoms with Crippen molar-refractivity contribution in [1.29, 1.82) is 5.26 Å². The SMILES string of the molecule is CC(C#[N+]C#N)NCC(O)CO. The molecule has 2 atom stereocenters. The molecule has 5 nitrogen and oxygen atoms in total. The molecule has 0 aliphatic carbocycles. The molecule has 0 rings (SSSR count). The smallest absolute Gasteiger partial charge is 0.394 e. The molecule has 0 bridgehead atoms. The van der Waals surface area contributed by atoms with Gasteiger partial charge in [0, 0.05) is 6.54 Å². The summed E-state index contributed by atoms with van der Waals surface area (Å²) in [5.74, 6) is 0. The average molecular weight is 170 g/mol. The molecule has 5 heteroatoms. The molecule has 0 aliphatic rings. The largest absolute Gasteiger partial charge is 0.578 e. The fourth-order valence-electron chi connectivity index (χ4n) is 0.549. The number of nitriles is 1. The molecule has 66 valence electrons. The second-order valence-electron chi connectivity index (χ2n) is 2.31. The monoisotopic (exact) mass is 170 g/mol. The second-order valence-corrected chi connectivity index (χ2v) is 2.31. The number of nitrogens with zero attached hydrogens (tertiary/aromatic N) is 2. The summed E-state index contributed by atoms with van der Waals surface area (Å²) in [5.41, 5.74) is 0. The molecule has 0 radical (unpaired) electrons. The summed E-state index contributed by atoms with van der Waals surface area (Å²) in [4.78, 5) is 3.22. The van der Waals surface area contributed by atoms with Crippen LogP contribution in [-0.4, -0.2) is 35.5 Å². The van der Waals surface area contributed by atoms with Gasteiger partial charge in [-0.15, -0.1) is 0 Å². The van der Waals surface area contributed by atoms with Gasteiger partial charge in [0.1, 0.15) is 6.04 Å². The molecule has 0 amide bonds. The molecule has 0 saturated carbocycles. The van der Waals surface area contributed by atoms with E-state index >= 15 is 0 Å². The van der Waals surface area contributed by atoms with Crippen LogP contribution in [0.1, 0.15) is 6.92 Å². The number of rotatable bonds is 4. The third-order valence-electron chi connectivity index (χ3n) is 1.18. The van der Waals surface area contributed by atoms with E-state index in [9.17, 15) is 0 Å². The van der Waals surface area contributed by atoms with Gasteiger partial charge >= 0.3 is 6.19 Å². The lowest BCUT2D eigenvalue weighted by Crippen LogP contribution is -2.34. The van der Waals surface area contributed by atoms with Gasteiger partial charge in [0.25, 0.3) is 0 Å². The molecule has 12 heavy (non-hydrogen) atoms. The number of hydrogen-bond donors (Lipinski definition) is 3. The zero-order chi connectivity index (χ0) is 9.40.